The lowest BCUT2D eigenvalue weighted by atomic mass is 10.1. The summed E-state index contributed by atoms with van der Waals surface area (Å²) in [5.74, 6) is -2.38. The molecule has 0 bridgehead atoms. The lowest BCUT2D eigenvalue weighted by molar-refractivity contribution is -0.384. The Labute approximate surface area is 111 Å². The molecular formula is C11H10F2N2O5. The van der Waals surface area contributed by atoms with Gasteiger partial charge in [-0.2, -0.15) is 0 Å². The van der Waals surface area contributed by atoms with Crippen LogP contribution in [-0.4, -0.2) is 46.8 Å². The van der Waals surface area contributed by atoms with E-state index in [-0.39, 0.29) is 5.56 Å². The highest BCUT2D eigenvalue weighted by Crippen LogP contribution is 2.19. The van der Waals surface area contributed by atoms with Crippen LogP contribution in [0.3, 0.4) is 0 Å². The van der Waals surface area contributed by atoms with Crippen molar-refractivity contribution in [2.75, 3.05) is 13.6 Å². The SMILES string of the molecule is CN(CC(F)F)C(=O)c1cc(C(=O)O)cc([N+](=O)[O-])c1. The number of hydrogen-bond acceptors (Lipinski definition) is 4. The Morgan fingerprint density at radius 1 is 1.35 bits per heavy atom. The van der Waals surface area contributed by atoms with Gasteiger partial charge in [0, 0.05) is 24.7 Å². The van der Waals surface area contributed by atoms with Crippen LogP contribution in [0.4, 0.5) is 14.5 Å². The van der Waals surface area contributed by atoms with Gasteiger partial charge in [-0.1, -0.05) is 0 Å². The molecule has 0 aromatic heterocycles. The van der Waals surface area contributed by atoms with Crippen LogP contribution in [0, 0.1) is 10.1 Å². The molecule has 0 heterocycles. The highest BCUT2D eigenvalue weighted by molar-refractivity contribution is 5.98. The van der Waals surface area contributed by atoms with Crippen molar-refractivity contribution in [1.82, 2.24) is 4.90 Å². The van der Waals surface area contributed by atoms with Gasteiger partial charge in [-0.15, -0.1) is 0 Å². The van der Waals surface area contributed by atoms with E-state index in [0.717, 1.165) is 25.2 Å². The molecule has 0 atom stereocenters. The molecule has 1 N–H and O–H groups in total. The van der Waals surface area contributed by atoms with Crippen LogP contribution in [0.2, 0.25) is 0 Å². The third-order valence-electron chi connectivity index (χ3n) is 2.38. The third kappa shape index (κ3) is 3.70. The summed E-state index contributed by atoms with van der Waals surface area (Å²) >= 11 is 0. The average molecular weight is 288 g/mol. The molecule has 1 aromatic carbocycles. The normalized spacial score (nSPS) is 10.4. The highest BCUT2D eigenvalue weighted by Gasteiger charge is 2.21. The van der Waals surface area contributed by atoms with Crippen molar-refractivity contribution in [1.29, 1.82) is 0 Å². The minimum absolute atomic E-state index is 0.334. The molecule has 0 spiro atoms. The number of halogens is 2. The molecule has 1 aromatic rings. The molecule has 0 saturated carbocycles. The van der Waals surface area contributed by atoms with E-state index in [9.17, 15) is 28.5 Å². The van der Waals surface area contributed by atoms with Crippen LogP contribution < -0.4 is 0 Å². The highest BCUT2D eigenvalue weighted by atomic mass is 19.3. The molecule has 108 valence electrons. The molecule has 0 unspecified atom stereocenters. The quantitative estimate of drug-likeness (QED) is 0.655. The number of carboxylic acids is 1. The largest absolute Gasteiger partial charge is 0.478 e. The molecule has 1 rings (SSSR count). The number of nitro groups is 1. The second-order valence-electron chi connectivity index (χ2n) is 3.91. The zero-order chi connectivity index (χ0) is 15.4. The predicted octanol–water partition coefficient (Wildman–Crippen LogP) is 1.63. The standard InChI is InChI=1S/C11H10F2N2O5/c1-14(5-9(12)13)10(16)6-2-7(11(17)18)4-8(3-6)15(19)20/h2-4,9H,5H2,1H3,(H,17,18). The van der Waals surface area contributed by atoms with E-state index in [4.69, 9.17) is 5.11 Å². The lowest BCUT2D eigenvalue weighted by Crippen LogP contribution is -2.31. The van der Waals surface area contributed by atoms with E-state index in [2.05, 4.69) is 0 Å². The van der Waals surface area contributed by atoms with Crippen LogP contribution in [0.5, 0.6) is 0 Å². The Balaban J connectivity index is 3.19. The summed E-state index contributed by atoms with van der Waals surface area (Å²) in [5, 5.41) is 19.5. The number of hydrogen-bond donors (Lipinski definition) is 1. The van der Waals surface area contributed by atoms with Crippen molar-refractivity contribution in [3.8, 4) is 0 Å². The van der Waals surface area contributed by atoms with Gasteiger partial charge in [-0.25, -0.2) is 13.6 Å². The van der Waals surface area contributed by atoms with Gasteiger partial charge >= 0.3 is 5.97 Å². The van der Waals surface area contributed by atoms with Gasteiger partial charge in [-0.05, 0) is 6.07 Å². The number of amides is 1. The summed E-state index contributed by atoms with van der Waals surface area (Å²) in [4.78, 5) is 33.1. The minimum atomic E-state index is -2.76. The number of alkyl halides is 2. The first-order valence-corrected chi connectivity index (χ1v) is 5.28. The van der Waals surface area contributed by atoms with Gasteiger partial charge in [0.1, 0.15) is 0 Å². The molecule has 0 aliphatic heterocycles. The number of nitro benzene ring substituents is 1. The fourth-order valence-electron chi connectivity index (χ4n) is 1.47. The van der Waals surface area contributed by atoms with Crippen molar-refractivity contribution in [3.05, 3.63) is 39.4 Å². The maximum atomic E-state index is 12.2. The molecule has 9 heteroatoms. The second-order valence-corrected chi connectivity index (χ2v) is 3.91. The first kappa shape index (κ1) is 15.5. The van der Waals surface area contributed by atoms with E-state index in [1.54, 1.807) is 0 Å². The van der Waals surface area contributed by atoms with Gasteiger partial charge in [0.15, 0.2) is 0 Å². The van der Waals surface area contributed by atoms with Gasteiger partial charge in [0.25, 0.3) is 18.0 Å². The van der Waals surface area contributed by atoms with Gasteiger partial charge in [0.05, 0.1) is 17.0 Å². The average Bonchev–Trinajstić information content (AvgIpc) is 2.36. The van der Waals surface area contributed by atoms with Gasteiger partial charge in [0.2, 0.25) is 0 Å². The molecule has 1 amide bonds. The zero-order valence-electron chi connectivity index (χ0n) is 10.2. The molecule has 0 aliphatic carbocycles. The Bertz CT molecular complexity index is 529. The molecular weight excluding hydrogens is 278 g/mol. The molecule has 0 saturated heterocycles. The van der Waals surface area contributed by atoms with Crippen LogP contribution in [-0.2, 0) is 0 Å². The first-order chi connectivity index (χ1) is 9.22. The van der Waals surface area contributed by atoms with Crippen molar-refractivity contribution >= 4 is 17.6 Å². The first-order valence-electron chi connectivity index (χ1n) is 5.28. The summed E-state index contributed by atoms with van der Waals surface area (Å²) in [6.45, 7) is -0.857. The van der Waals surface area contributed by atoms with Crippen LogP contribution >= 0.6 is 0 Å². The van der Waals surface area contributed by atoms with E-state index < -0.39 is 41.0 Å². The molecule has 20 heavy (non-hydrogen) atoms. The number of nitrogens with zero attached hydrogens (tertiary/aromatic N) is 2. The molecule has 7 nitrogen and oxygen atoms in total. The Hall–Kier alpha value is -2.58. The fourth-order valence-corrected chi connectivity index (χ4v) is 1.47. The van der Waals surface area contributed by atoms with E-state index in [1.165, 1.54) is 0 Å². The maximum Gasteiger partial charge on any atom is 0.335 e. The van der Waals surface area contributed by atoms with Crippen molar-refractivity contribution in [2.24, 2.45) is 0 Å². The molecule has 0 aliphatic rings. The Morgan fingerprint density at radius 2 is 1.90 bits per heavy atom. The molecule has 0 fully saturated rings. The summed E-state index contributed by atoms with van der Waals surface area (Å²) in [7, 11) is 1.09. The number of carboxylic acid groups (broad SMARTS) is 1. The summed E-state index contributed by atoms with van der Waals surface area (Å²) in [6, 6.07) is 2.53. The third-order valence-corrected chi connectivity index (χ3v) is 2.38. The van der Waals surface area contributed by atoms with Gasteiger partial charge < -0.3 is 10.0 Å². The number of non-ortho nitro benzene ring substituents is 1. The summed E-state index contributed by atoms with van der Waals surface area (Å²) in [6.07, 6.45) is -2.76. The predicted molar refractivity (Wildman–Crippen MR) is 63.0 cm³/mol. The van der Waals surface area contributed by atoms with Crippen LogP contribution in [0.15, 0.2) is 18.2 Å². The van der Waals surface area contributed by atoms with E-state index >= 15 is 0 Å². The van der Waals surface area contributed by atoms with Crippen molar-refractivity contribution < 1.29 is 28.4 Å². The van der Waals surface area contributed by atoms with Crippen molar-refractivity contribution in [3.63, 3.8) is 0 Å². The lowest BCUT2D eigenvalue weighted by Gasteiger charge is -2.16. The Kier molecular flexibility index (Phi) is 4.68. The zero-order valence-corrected chi connectivity index (χ0v) is 10.2. The fraction of sp³-hybridized carbons (Fsp3) is 0.273. The summed E-state index contributed by atoms with van der Waals surface area (Å²) in [5.41, 5.74) is -1.40. The summed E-state index contributed by atoms with van der Waals surface area (Å²) < 4.78 is 24.4. The molecule has 0 radical (unpaired) electrons. The van der Waals surface area contributed by atoms with Crippen molar-refractivity contribution in [2.45, 2.75) is 6.43 Å². The smallest absolute Gasteiger partial charge is 0.335 e. The van der Waals surface area contributed by atoms with Crippen LogP contribution in [0.1, 0.15) is 20.7 Å². The number of carbonyl (C=O) groups is 2. The number of aromatic carboxylic acids is 1. The number of rotatable bonds is 5. The van der Waals surface area contributed by atoms with E-state index in [1.807, 2.05) is 0 Å². The van der Waals surface area contributed by atoms with Crippen LogP contribution in [0.25, 0.3) is 0 Å². The topological polar surface area (TPSA) is 101 Å². The number of benzene rings is 1. The minimum Gasteiger partial charge on any atom is -0.478 e. The van der Waals surface area contributed by atoms with Gasteiger partial charge in [-0.3, -0.25) is 14.9 Å². The maximum absolute atomic E-state index is 12.2. The second kappa shape index (κ2) is 6.04. The van der Waals surface area contributed by atoms with E-state index in [0.29, 0.717) is 4.90 Å². The monoisotopic (exact) mass is 288 g/mol. The Morgan fingerprint density at radius 3 is 2.35 bits per heavy atom. The number of carbonyl (C=O) groups excluding carboxylic acids is 1.